The molecule has 0 aliphatic rings. The zero-order valence-corrected chi connectivity index (χ0v) is 15.2. The zero-order chi connectivity index (χ0) is 17.5. The van der Waals surface area contributed by atoms with E-state index in [1.54, 1.807) is 25.7 Å². The summed E-state index contributed by atoms with van der Waals surface area (Å²) in [4.78, 5) is 14.1. The van der Waals surface area contributed by atoms with Gasteiger partial charge in [-0.1, -0.05) is 37.3 Å². The van der Waals surface area contributed by atoms with Crippen LogP contribution in [0.25, 0.3) is 0 Å². The van der Waals surface area contributed by atoms with Gasteiger partial charge in [-0.15, -0.1) is 0 Å². The summed E-state index contributed by atoms with van der Waals surface area (Å²) in [7, 11) is -3.12. The predicted molar refractivity (Wildman–Crippen MR) is 91.9 cm³/mol. The van der Waals surface area contributed by atoms with Gasteiger partial charge in [0.15, 0.2) is 9.84 Å². The maximum absolute atomic E-state index is 12.5. The Morgan fingerprint density at radius 1 is 1.17 bits per heavy atom. The number of hydrogen-bond donors (Lipinski definition) is 0. The van der Waals surface area contributed by atoms with Crippen molar-refractivity contribution in [2.24, 2.45) is 0 Å². The number of benzene rings is 1. The second kappa shape index (κ2) is 9.03. The predicted octanol–water partition coefficient (Wildman–Crippen LogP) is 2.26. The van der Waals surface area contributed by atoms with E-state index < -0.39 is 15.9 Å². The van der Waals surface area contributed by atoms with E-state index in [0.29, 0.717) is 13.2 Å². The average Bonchev–Trinajstić information content (AvgIpc) is 2.53. The Labute approximate surface area is 139 Å². The molecular weight excluding hydrogens is 314 g/mol. The Bertz CT molecular complexity index is 586. The topological polar surface area (TPSA) is 63.7 Å². The Morgan fingerprint density at radius 3 is 2.30 bits per heavy atom. The molecule has 0 fully saturated rings. The highest BCUT2D eigenvalue weighted by Gasteiger charge is 2.27. The van der Waals surface area contributed by atoms with E-state index in [4.69, 9.17) is 4.74 Å². The Balaban J connectivity index is 2.64. The summed E-state index contributed by atoms with van der Waals surface area (Å²) in [5.74, 6) is -0.111. The molecule has 0 aromatic heterocycles. The molecule has 0 N–H and O–H groups in total. The van der Waals surface area contributed by atoms with Crippen LogP contribution in [-0.4, -0.2) is 49.4 Å². The van der Waals surface area contributed by atoms with Crippen LogP contribution in [0.5, 0.6) is 0 Å². The van der Waals surface area contributed by atoms with Crippen LogP contribution in [0.3, 0.4) is 0 Å². The van der Waals surface area contributed by atoms with Crippen LogP contribution < -0.4 is 0 Å². The van der Waals surface area contributed by atoms with Gasteiger partial charge in [0.25, 0.3) is 5.91 Å². The van der Waals surface area contributed by atoms with Crippen molar-refractivity contribution in [3.8, 4) is 0 Å². The molecule has 2 atom stereocenters. The molecule has 1 rings (SSSR count). The molecule has 1 aromatic rings. The maximum atomic E-state index is 12.5. The van der Waals surface area contributed by atoms with E-state index in [-0.39, 0.29) is 23.5 Å². The monoisotopic (exact) mass is 341 g/mol. The molecule has 0 aliphatic heterocycles. The van der Waals surface area contributed by atoms with E-state index in [0.717, 1.165) is 5.56 Å². The number of carbonyl (C=O) groups excluding carboxylic acids is 1. The van der Waals surface area contributed by atoms with Crippen molar-refractivity contribution in [2.75, 3.05) is 18.1 Å². The van der Waals surface area contributed by atoms with E-state index in [2.05, 4.69) is 0 Å². The second-order valence-electron chi connectivity index (χ2n) is 5.61. The largest absolute Gasteiger partial charge is 0.364 e. The minimum atomic E-state index is -3.12. The first kappa shape index (κ1) is 19.6. The SMILES string of the molecule is CCN(C(=O)C(C)OCc1ccccc1)C(C)CS(=O)(=O)CC. The third kappa shape index (κ3) is 6.31. The number of hydrogen-bond acceptors (Lipinski definition) is 4. The van der Waals surface area contributed by atoms with Gasteiger partial charge < -0.3 is 9.64 Å². The van der Waals surface area contributed by atoms with Gasteiger partial charge in [0.1, 0.15) is 6.10 Å². The standard InChI is InChI=1S/C17H27NO4S/c1-5-18(14(3)13-23(20,21)6-2)17(19)15(4)22-12-16-10-8-7-9-11-16/h7-11,14-15H,5-6,12-13H2,1-4H3. The van der Waals surface area contributed by atoms with E-state index in [1.165, 1.54) is 0 Å². The summed E-state index contributed by atoms with van der Waals surface area (Å²) < 4.78 is 29.2. The quantitative estimate of drug-likeness (QED) is 0.691. The lowest BCUT2D eigenvalue weighted by molar-refractivity contribution is -0.144. The smallest absolute Gasteiger partial charge is 0.251 e. The fourth-order valence-corrected chi connectivity index (χ4v) is 3.51. The maximum Gasteiger partial charge on any atom is 0.251 e. The van der Waals surface area contributed by atoms with Crippen molar-refractivity contribution in [1.82, 2.24) is 4.90 Å². The number of amides is 1. The van der Waals surface area contributed by atoms with Crippen LogP contribution in [0.2, 0.25) is 0 Å². The highest BCUT2D eigenvalue weighted by Crippen LogP contribution is 2.10. The van der Waals surface area contributed by atoms with E-state index >= 15 is 0 Å². The van der Waals surface area contributed by atoms with Crippen molar-refractivity contribution in [3.63, 3.8) is 0 Å². The molecule has 1 amide bonds. The van der Waals surface area contributed by atoms with Crippen molar-refractivity contribution in [1.29, 1.82) is 0 Å². The molecule has 5 nitrogen and oxygen atoms in total. The molecule has 23 heavy (non-hydrogen) atoms. The lowest BCUT2D eigenvalue weighted by Gasteiger charge is -2.30. The molecule has 0 aliphatic carbocycles. The average molecular weight is 341 g/mol. The van der Waals surface area contributed by atoms with Gasteiger partial charge in [0.2, 0.25) is 0 Å². The summed E-state index contributed by atoms with van der Waals surface area (Å²) in [6.45, 7) is 7.74. The molecule has 0 radical (unpaired) electrons. The van der Waals surface area contributed by atoms with Crippen LogP contribution in [0.4, 0.5) is 0 Å². The first-order chi connectivity index (χ1) is 10.8. The van der Waals surface area contributed by atoms with Gasteiger partial charge in [-0.2, -0.15) is 0 Å². The van der Waals surface area contributed by atoms with Crippen LogP contribution in [0.15, 0.2) is 30.3 Å². The third-order valence-corrected chi connectivity index (χ3v) is 5.65. The van der Waals surface area contributed by atoms with Crippen LogP contribution >= 0.6 is 0 Å². The van der Waals surface area contributed by atoms with Gasteiger partial charge in [-0.05, 0) is 26.3 Å². The fourth-order valence-electron chi connectivity index (χ4n) is 2.36. The molecule has 130 valence electrons. The van der Waals surface area contributed by atoms with E-state index in [9.17, 15) is 13.2 Å². The number of sulfone groups is 1. The molecule has 6 heteroatoms. The first-order valence-corrected chi connectivity index (χ1v) is 9.79. The van der Waals surface area contributed by atoms with Crippen molar-refractivity contribution in [3.05, 3.63) is 35.9 Å². The number of nitrogens with zero attached hydrogens (tertiary/aromatic N) is 1. The van der Waals surface area contributed by atoms with Gasteiger partial charge in [-0.25, -0.2) is 8.42 Å². The summed E-state index contributed by atoms with van der Waals surface area (Å²) >= 11 is 0. The normalized spacial score (nSPS) is 14.3. The van der Waals surface area contributed by atoms with Gasteiger partial charge >= 0.3 is 0 Å². The fraction of sp³-hybridized carbons (Fsp3) is 0.588. The number of likely N-dealkylation sites (N-methyl/N-ethyl adjacent to an activating group) is 1. The van der Waals surface area contributed by atoms with Crippen molar-refractivity contribution < 1.29 is 17.9 Å². The van der Waals surface area contributed by atoms with Crippen LogP contribution in [-0.2, 0) is 26.0 Å². The molecule has 0 heterocycles. The Hall–Kier alpha value is -1.40. The molecule has 2 unspecified atom stereocenters. The Kier molecular flexibility index (Phi) is 7.72. The van der Waals surface area contributed by atoms with Crippen molar-refractivity contribution >= 4 is 15.7 Å². The summed E-state index contributed by atoms with van der Waals surface area (Å²) in [5.41, 5.74) is 0.997. The van der Waals surface area contributed by atoms with E-state index in [1.807, 2.05) is 37.3 Å². The number of ether oxygens (including phenoxy) is 1. The lowest BCUT2D eigenvalue weighted by Crippen LogP contribution is -2.47. The second-order valence-corrected chi connectivity index (χ2v) is 8.01. The number of carbonyl (C=O) groups is 1. The lowest BCUT2D eigenvalue weighted by atomic mass is 10.2. The molecule has 1 aromatic carbocycles. The highest BCUT2D eigenvalue weighted by molar-refractivity contribution is 7.91. The van der Waals surface area contributed by atoms with Gasteiger partial charge in [0, 0.05) is 18.3 Å². The third-order valence-electron chi connectivity index (χ3n) is 3.78. The molecular formula is C17H27NO4S. The molecule has 0 saturated heterocycles. The summed E-state index contributed by atoms with van der Waals surface area (Å²) in [5, 5.41) is 0. The van der Waals surface area contributed by atoms with Gasteiger partial charge in [-0.3, -0.25) is 4.79 Å². The molecule has 0 spiro atoms. The van der Waals surface area contributed by atoms with Gasteiger partial charge in [0.05, 0.1) is 12.4 Å². The highest BCUT2D eigenvalue weighted by atomic mass is 32.2. The zero-order valence-electron chi connectivity index (χ0n) is 14.4. The minimum Gasteiger partial charge on any atom is -0.364 e. The van der Waals surface area contributed by atoms with Crippen molar-refractivity contribution in [2.45, 2.75) is 46.4 Å². The molecule has 0 bridgehead atoms. The summed E-state index contributed by atoms with van der Waals surface area (Å²) in [6.07, 6.45) is -0.609. The first-order valence-electron chi connectivity index (χ1n) is 7.97. The summed E-state index contributed by atoms with van der Waals surface area (Å²) in [6, 6.07) is 9.27. The minimum absolute atomic E-state index is 0.0194. The van der Waals surface area contributed by atoms with Crippen LogP contribution in [0, 0.1) is 0 Å². The Morgan fingerprint density at radius 2 is 1.78 bits per heavy atom. The van der Waals surface area contributed by atoms with Crippen LogP contribution in [0.1, 0.15) is 33.3 Å². The number of rotatable bonds is 9. The molecule has 0 saturated carbocycles.